The van der Waals surface area contributed by atoms with Crippen molar-refractivity contribution in [2.24, 2.45) is 0 Å². The monoisotopic (exact) mass is 473 g/mol. The van der Waals surface area contributed by atoms with Crippen LogP contribution in [0.15, 0.2) is 41.5 Å². The fourth-order valence-corrected chi connectivity index (χ4v) is 4.18. The fraction of sp³-hybridized carbons (Fsp3) is 0.217. The molecule has 0 spiro atoms. The molecule has 1 fully saturated rings. The molecule has 1 saturated carbocycles. The van der Waals surface area contributed by atoms with Crippen LogP contribution in [-0.2, 0) is 0 Å². The van der Waals surface area contributed by atoms with Gasteiger partial charge < -0.3 is 16.8 Å². The lowest BCUT2D eigenvalue weighted by Gasteiger charge is -2.21. The number of hydrogen-bond donors (Lipinski definition) is 3. The van der Waals surface area contributed by atoms with Gasteiger partial charge in [-0.05, 0) is 49.4 Å². The van der Waals surface area contributed by atoms with Crippen molar-refractivity contribution in [3.8, 4) is 11.8 Å². The van der Waals surface area contributed by atoms with Gasteiger partial charge in [-0.2, -0.15) is 15.2 Å². The van der Waals surface area contributed by atoms with Crippen molar-refractivity contribution in [2.75, 3.05) is 16.8 Å². The van der Waals surface area contributed by atoms with Crippen LogP contribution in [0.5, 0.6) is 0 Å². The Hall–Kier alpha value is -4.23. The van der Waals surface area contributed by atoms with Crippen LogP contribution in [0.2, 0.25) is 5.02 Å². The molecule has 4 aromatic rings. The van der Waals surface area contributed by atoms with Gasteiger partial charge in [0, 0.05) is 6.20 Å². The summed E-state index contributed by atoms with van der Waals surface area (Å²) in [6.07, 6.45) is 5.64. The van der Waals surface area contributed by atoms with E-state index in [0.29, 0.717) is 33.4 Å². The molecule has 1 atom stereocenters. The molecule has 3 aromatic heterocycles. The van der Waals surface area contributed by atoms with Gasteiger partial charge in [0.15, 0.2) is 5.82 Å². The highest BCUT2D eigenvalue weighted by atomic mass is 35.5. The van der Waals surface area contributed by atoms with E-state index in [1.54, 1.807) is 31.3 Å². The zero-order valence-electron chi connectivity index (χ0n) is 18.2. The number of rotatable bonds is 5. The Kier molecular flexibility index (Phi) is 5.26. The van der Waals surface area contributed by atoms with Crippen LogP contribution in [0, 0.1) is 11.3 Å². The summed E-state index contributed by atoms with van der Waals surface area (Å²) in [5.74, 6) is 0.861. The predicted molar refractivity (Wildman–Crippen MR) is 130 cm³/mol. The van der Waals surface area contributed by atoms with E-state index in [0.717, 1.165) is 18.4 Å². The number of nitrogens with two attached hydrogens (primary N) is 2. The van der Waals surface area contributed by atoms with E-state index in [1.807, 2.05) is 18.3 Å². The summed E-state index contributed by atoms with van der Waals surface area (Å²) in [4.78, 5) is 30.8. The number of pyridine rings is 1. The molecule has 0 unspecified atom stereocenters. The summed E-state index contributed by atoms with van der Waals surface area (Å²) in [6.45, 7) is 1.79. The highest BCUT2D eigenvalue weighted by molar-refractivity contribution is 6.35. The lowest BCUT2D eigenvalue weighted by atomic mass is 10.1. The van der Waals surface area contributed by atoms with Crippen molar-refractivity contribution in [2.45, 2.75) is 31.7 Å². The van der Waals surface area contributed by atoms with E-state index in [4.69, 9.17) is 28.1 Å². The first kappa shape index (κ1) is 21.6. The van der Waals surface area contributed by atoms with E-state index < -0.39 is 6.04 Å². The van der Waals surface area contributed by atoms with Gasteiger partial charge in [-0.1, -0.05) is 17.7 Å². The second-order valence-electron chi connectivity index (χ2n) is 8.16. The number of nitrogen functional groups attached to an aromatic ring is 2. The van der Waals surface area contributed by atoms with Gasteiger partial charge in [0.05, 0.1) is 33.9 Å². The molecule has 5 rings (SSSR count). The van der Waals surface area contributed by atoms with Crippen LogP contribution in [0.25, 0.3) is 16.6 Å². The molecule has 3 heterocycles. The van der Waals surface area contributed by atoms with Gasteiger partial charge in [0.2, 0.25) is 5.95 Å². The topological polar surface area (TPSA) is 161 Å². The zero-order valence-corrected chi connectivity index (χ0v) is 18.9. The Labute approximate surface area is 199 Å². The third-order valence-electron chi connectivity index (χ3n) is 5.73. The molecule has 170 valence electrons. The number of nitrogens with one attached hydrogen (secondary N) is 1. The minimum absolute atomic E-state index is 0.0401. The van der Waals surface area contributed by atoms with E-state index in [-0.39, 0.29) is 28.7 Å². The Morgan fingerprint density at radius 3 is 2.76 bits per heavy atom. The Morgan fingerprint density at radius 2 is 2.03 bits per heavy atom. The predicted octanol–water partition coefficient (Wildman–Crippen LogP) is 3.31. The van der Waals surface area contributed by atoms with Gasteiger partial charge in [0.1, 0.15) is 23.3 Å². The molecule has 34 heavy (non-hydrogen) atoms. The minimum Gasteiger partial charge on any atom is -0.382 e. The Morgan fingerprint density at radius 1 is 1.24 bits per heavy atom. The number of nitriles is 1. The molecular formula is C23H20ClN9O. The van der Waals surface area contributed by atoms with Crippen molar-refractivity contribution >= 4 is 40.1 Å². The third kappa shape index (κ3) is 3.76. The second kappa shape index (κ2) is 8.28. The number of fused-ring (bicyclic) bond motifs is 1. The second-order valence-corrected chi connectivity index (χ2v) is 8.57. The van der Waals surface area contributed by atoms with Crippen LogP contribution in [0.1, 0.15) is 48.7 Å². The molecule has 11 heteroatoms. The van der Waals surface area contributed by atoms with Crippen molar-refractivity contribution < 1.29 is 0 Å². The molecule has 0 bridgehead atoms. The highest BCUT2D eigenvalue weighted by Crippen LogP contribution is 2.40. The van der Waals surface area contributed by atoms with Gasteiger partial charge in [0.25, 0.3) is 5.56 Å². The van der Waals surface area contributed by atoms with Crippen LogP contribution in [0.3, 0.4) is 0 Å². The molecule has 10 nitrogen and oxygen atoms in total. The zero-order chi connectivity index (χ0) is 24.0. The summed E-state index contributed by atoms with van der Waals surface area (Å²) in [5.41, 5.74) is 13.4. The average Bonchev–Trinajstić information content (AvgIpc) is 3.64. The van der Waals surface area contributed by atoms with Gasteiger partial charge in [-0.3, -0.25) is 14.3 Å². The summed E-state index contributed by atoms with van der Waals surface area (Å²) in [6, 6.07) is 8.47. The van der Waals surface area contributed by atoms with E-state index in [9.17, 15) is 10.1 Å². The minimum atomic E-state index is -0.582. The lowest BCUT2D eigenvalue weighted by molar-refractivity contribution is 0.728. The Bertz CT molecular complexity index is 1540. The maximum atomic E-state index is 13.7. The maximum Gasteiger partial charge on any atom is 0.267 e. The van der Waals surface area contributed by atoms with E-state index in [1.165, 1.54) is 4.57 Å². The highest BCUT2D eigenvalue weighted by Gasteiger charge is 2.26. The molecule has 1 aromatic carbocycles. The standard InChI is InChI=1S/C23H20ClN9O/c1-11(29-20-15(8-25)19(26)31-23(27)32-20)21-30-17-4-2-3-16(24)18(17)22(34)33(21)14-7-13(9-28-10-14)12-5-6-12/h2-4,7,9-12H,5-6H2,1H3,(H5,26,27,29,31,32)/t11-/m0/s1. The number of halogens is 1. The first-order chi connectivity index (χ1) is 16.4. The van der Waals surface area contributed by atoms with Crippen molar-refractivity contribution in [3.05, 3.63) is 69.0 Å². The summed E-state index contributed by atoms with van der Waals surface area (Å²) in [7, 11) is 0. The first-order valence-corrected chi connectivity index (χ1v) is 11.0. The number of hydrogen-bond acceptors (Lipinski definition) is 9. The number of aromatic nitrogens is 5. The molecule has 1 aliphatic carbocycles. The van der Waals surface area contributed by atoms with Gasteiger partial charge >= 0.3 is 0 Å². The van der Waals surface area contributed by atoms with E-state index in [2.05, 4.69) is 20.3 Å². The van der Waals surface area contributed by atoms with Crippen LogP contribution < -0.4 is 22.3 Å². The quantitative estimate of drug-likeness (QED) is 0.394. The molecule has 5 N–H and O–H groups in total. The van der Waals surface area contributed by atoms with Gasteiger partial charge in [-0.15, -0.1) is 0 Å². The summed E-state index contributed by atoms with van der Waals surface area (Å²) >= 11 is 6.38. The van der Waals surface area contributed by atoms with Crippen molar-refractivity contribution in [3.63, 3.8) is 0 Å². The number of anilines is 3. The Balaban J connectivity index is 1.71. The normalized spacial score (nSPS) is 14.0. The van der Waals surface area contributed by atoms with Crippen LogP contribution >= 0.6 is 11.6 Å². The molecular weight excluding hydrogens is 454 g/mol. The maximum absolute atomic E-state index is 13.7. The molecule has 0 aliphatic heterocycles. The van der Waals surface area contributed by atoms with Crippen LogP contribution in [-0.4, -0.2) is 24.5 Å². The van der Waals surface area contributed by atoms with E-state index >= 15 is 0 Å². The largest absolute Gasteiger partial charge is 0.382 e. The molecule has 0 amide bonds. The summed E-state index contributed by atoms with van der Waals surface area (Å²) < 4.78 is 1.49. The SMILES string of the molecule is C[C@H](Nc1nc(N)nc(N)c1C#N)c1nc2cccc(Cl)c2c(=O)n1-c1cncc(C2CC2)c1. The fourth-order valence-electron chi connectivity index (χ4n) is 3.93. The van der Waals surface area contributed by atoms with Crippen LogP contribution in [0.4, 0.5) is 17.6 Å². The lowest BCUT2D eigenvalue weighted by Crippen LogP contribution is -2.28. The first-order valence-electron chi connectivity index (χ1n) is 10.6. The average molecular weight is 474 g/mol. The third-order valence-corrected chi connectivity index (χ3v) is 6.05. The van der Waals surface area contributed by atoms with Gasteiger partial charge in [-0.25, -0.2) is 4.98 Å². The molecule has 0 radical (unpaired) electrons. The number of benzene rings is 1. The van der Waals surface area contributed by atoms with Crippen molar-refractivity contribution in [1.82, 2.24) is 24.5 Å². The number of nitrogens with zero attached hydrogens (tertiary/aromatic N) is 6. The molecule has 1 aliphatic rings. The molecule has 0 saturated heterocycles. The summed E-state index contributed by atoms with van der Waals surface area (Å²) in [5, 5.41) is 13.3. The smallest absolute Gasteiger partial charge is 0.267 e. The van der Waals surface area contributed by atoms with Crippen molar-refractivity contribution in [1.29, 1.82) is 5.26 Å².